The van der Waals surface area contributed by atoms with Gasteiger partial charge in [-0.25, -0.2) is 0 Å². The normalized spacial score (nSPS) is 10.3. The number of carbonyl (C=O) groups excluding carboxylic acids is 1. The fourth-order valence-electron chi connectivity index (χ4n) is 2.67. The first kappa shape index (κ1) is 17.7. The van der Waals surface area contributed by atoms with Crippen LogP contribution in [0, 0.1) is 13.8 Å². The second kappa shape index (κ2) is 7.73. The molecular weight excluding hydrogens is 306 g/mol. The molecule has 0 atom stereocenters. The Hall–Kier alpha value is -2.69. The van der Waals surface area contributed by atoms with Crippen LogP contribution >= 0.6 is 0 Å². The van der Waals surface area contributed by atoms with Gasteiger partial charge < -0.3 is 18.8 Å². The van der Waals surface area contributed by atoms with Crippen molar-refractivity contribution in [3.8, 4) is 17.2 Å². The maximum atomic E-state index is 12.6. The van der Waals surface area contributed by atoms with E-state index in [1.54, 1.807) is 32.4 Å². The SMILES string of the molecule is C=CCn1c(C)cc(C(=O)COc2c(OC)cccc2OC)c1C. The highest BCUT2D eigenvalue weighted by atomic mass is 16.5. The molecule has 0 aliphatic heterocycles. The number of methoxy groups -OCH3 is 2. The lowest BCUT2D eigenvalue weighted by atomic mass is 10.1. The van der Waals surface area contributed by atoms with Gasteiger partial charge in [0.25, 0.3) is 0 Å². The van der Waals surface area contributed by atoms with Crippen molar-refractivity contribution in [1.29, 1.82) is 0 Å². The van der Waals surface area contributed by atoms with Crippen molar-refractivity contribution >= 4 is 5.78 Å². The van der Waals surface area contributed by atoms with Gasteiger partial charge in [0, 0.05) is 23.5 Å². The number of carbonyl (C=O) groups is 1. The Morgan fingerprint density at radius 2 is 1.83 bits per heavy atom. The van der Waals surface area contributed by atoms with Crippen molar-refractivity contribution in [3.63, 3.8) is 0 Å². The van der Waals surface area contributed by atoms with E-state index in [9.17, 15) is 4.79 Å². The second-order valence-electron chi connectivity index (χ2n) is 5.39. The molecule has 1 aromatic heterocycles. The maximum absolute atomic E-state index is 12.6. The van der Waals surface area contributed by atoms with Crippen LogP contribution in [0.3, 0.4) is 0 Å². The van der Waals surface area contributed by atoms with E-state index in [0.29, 0.717) is 29.4 Å². The Kier molecular flexibility index (Phi) is 5.68. The summed E-state index contributed by atoms with van der Waals surface area (Å²) in [4.78, 5) is 12.6. The maximum Gasteiger partial charge on any atom is 0.203 e. The summed E-state index contributed by atoms with van der Waals surface area (Å²) in [6.07, 6.45) is 1.81. The molecule has 24 heavy (non-hydrogen) atoms. The summed E-state index contributed by atoms with van der Waals surface area (Å²) in [5.74, 6) is 1.39. The van der Waals surface area contributed by atoms with Crippen molar-refractivity contribution in [3.05, 3.63) is 53.9 Å². The molecule has 0 radical (unpaired) electrons. The van der Waals surface area contributed by atoms with E-state index in [2.05, 4.69) is 6.58 Å². The van der Waals surface area contributed by atoms with Crippen molar-refractivity contribution in [2.75, 3.05) is 20.8 Å². The largest absolute Gasteiger partial charge is 0.493 e. The number of aromatic nitrogens is 1. The van der Waals surface area contributed by atoms with Gasteiger partial charge in [-0.2, -0.15) is 0 Å². The molecule has 0 bridgehead atoms. The number of ether oxygens (including phenoxy) is 3. The van der Waals surface area contributed by atoms with Crippen LogP contribution in [0.2, 0.25) is 0 Å². The van der Waals surface area contributed by atoms with Crippen LogP contribution in [-0.2, 0) is 6.54 Å². The molecule has 128 valence electrons. The summed E-state index contributed by atoms with van der Waals surface area (Å²) in [7, 11) is 3.10. The first-order chi connectivity index (χ1) is 11.5. The molecule has 1 aromatic carbocycles. The predicted molar refractivity (Wildman–Crippen MR) is 93.5 cm³/mol. The number of Topliss-reactive ketones (excluding diaryl/α,β-unsaturated/α-hetero) is 1. The number of hydrogen-bond donors (Lipinski definition) is 0. The average Bonchev–Trinajstić information content (AvgIpc) is 2.87. The van der Waals surface area contributed by atoms with Gasteiger partial charge in [0.05, 0.1) is 14.2 Å². The van der Waals surface area contributed by atoms with Crippen LogP contribution < -0.4 is 14.2 Å². The highest BCUT2D eigenvalue weighted by Crippen LogP contribution is 2.36. The summed E-state index contributed by atoms with van der Waals surface area (Å²) < 4.78 is 18.3. The van der Waals surface area contributed by atoms with Gasteiger partial charge in [-0.05, 0) is 32.0 Å². The van der Waals surface area contributed by atoms with Crippen LogP contribution in [0.15, 0.2) is 36.9 Å². The average molecular weight is 329 g/mol. The lowest BCUT2D eigenvalue weighted by molar-refractivity contribution is 0.0916. The summed E-state index contributed by atoms with van der Waals surface area (Å²) in [6.45, 7) is 8.23. The number of para-hydroxylation sites is 1. The number of benzene rings is 1. The van der Waals surface area contributed by atoms with Gasteiger partial charge in [-0.3, -0.25) is 4.79 Å². The minimum absolute atomic E-state index is 0.0882. The van der Waals surface area contributed by atoms with E-state index < -0.39 is 0 Å². The highest BCUT2D eigenvalue weighted by molar-refractivity contribution is 5.98. The number of aryl methyl sites for hydroxylation is 1. The number of rotatable bonds is 8. The Labute approximate surface area is 142 Å². The van der Waals surface area contributed by atoms with Gasteiger partial charge in [0.15, 0.2) is 18.1 Å². The first-order valence-electron chi connectivity index (χ1n) is 7.68. The van der Waals surface area contributed by atoms with E-state index in [4.69, 9.17) is 14.2 Å². The minimum atomic E-state index is -0.0913. The summed E-state index contributed by atoms with van der Waals surface area (Å²) in [5, 5.41) is 0. The molecule has 0 N–H and O–H groups in total. The van der Waals surface area contributed by atoms with E-state index in [1.807, 2.05) is 30.6 Å². The van der Waals surface area contributed by atoms with E-state index in [0.717, 1.165) is 11.4 Å². The number of nitrogens with zero attached hydrogens (tertiary/aromatic N) is 1. The monoisotopic (exact) mass is 329 g/mol. The van der Waals surface area contributed by atoms with E-state index in [-0.39, 0.29) is 12.4 Å². The molecule has 0 amide bonds. The summed E-state index contributed by atoms with van der Waals surface area (Å²) in [6, 6.07) is 7.20. The second-order valence-corrected chi connectivity index (χ2v) is 5.39. The zero-order valence-corrected chi connectivity index (χ0v) is 14.6. The number of ketones is 1. The molecule has 2 rings (SSSR count). The smallest absolute Gasteiger partial charge is 0.203 e. The van der Waals surface area contributed by atoms with Gasteiger partial charge in [0.1, 0.15) is 0 Å². The molecule has 0 saturated carbocycles. The lowest BCUT2D eigenvalue weighted by Gasteiger charge is -2.13. The third-order valence-corrected chi connectivity index (χ3v) is 3.92. The van der Waals surface area contributed by atoms with Crippen LogP contribution in [0.1, 0.15) is 21.7 Å². The lowest BCUT2D eigenvalue weighted by Crippen LogP contribution is -2.13. The van der Waals surface area contributed by atoms with Gasteiger partial charge in [0.2, 0.25) is 11.5 Å². The van der Waals surface area contributed by atoms with Crippen LogP contribution in [0.4, 0.5) is 0 Å². The molecule has 0 aliphatic carbocycles. The van der Waals surface area contributed by atoms with Crippen molar-refractivity contribution in [1.82, 2.24) is 4.57 Å². The molecule has 0 unspecified atom stereocenters. The minimum Gasteiger partial charge on any atom is -0.493 e. The Bertz CT molecular complexity index is 724. The quantitative estimate of drug-likeness (QED) is 0.549. The molecular formula is C19H23NO4. The summed E-state index contributed by atoms with van der Waals surface area (Å²) >= 11 is 0. The predicted octanol–water partition coefficient (Wildman–Crippen LogP) is 3.57. The fourth-order valence-corrected chi connectivity index (χ4v) is 2.67. The zero-order chi connectivity index (χ0) is 17.7. The summed E-state index contributed by atoms with van der Waals surface area (Å²) in [5.41, 5.74) is 2.59. The Balaban J connectivity index is 2.20. The molecule has 0 saturated heterocycles. The molecule has 5 heteroatoms. The number of hydrogen-bond acceptors (Lipinski definition) is 4. The van der Waals surface area contributed by atoms with Gasteiger partial charge in [-0.15, -0.1) is 6.58 Å². The number of allylic oxidation sites excluding steroid dienone is 1. The first-order valence-corrected chi connectivity index (χ1v) is 7.68. The van der Waals surface area contributed by atoms with Crippen molar-refractivity contribution in [2.45, 2.75) is 20.4 Å². The van der Waals surface area contributed by atoms with E-state index in [1.165, 1.54) is 0 Å². The third kappa shape index (κ3) is 3.45. The van der Waals surface area contributed by atoms with Gasteiger partial charge in [-0.1, -0.05) is 12.1 Å². The molecule has 0 aliphatic rings. The molecule has 1 heterocycles. The highest BCUT2D eigenvalue weighted by Gasteiger charge is 2.18. The van der Waals surface area contributed by atoms with Crippen molar-refractivity contribution < 1.29 is 19.0 Å². The van der Waals surface area contributed by atoms with E-state index >= 15 is 0 Å². The molecule has 2 aromatic rings. The Morgan fingerprint density at radius 1 is 1.21 bits per heavy atom. The van der Waals surface area contributed by atoms with Crippen LogP contribution in [-0.4, -0.2) is 31.2 Å². The fraction of sp³-hybridized carbons (Fsp3) is 0.316. The molecule has 0 fully saturated rings. The zero-order valence-electron chi connectivity index (χ0n) is 14.6. The Morgan fingerprint density at radius 3 is 2.38 bits per heavy atom. The van der Waals surface area contributed by atoms with Crippen molar-refractivity contribution in [2.24, 2.45) is 0 Å². The molecule has 5 nitrogen and oxygen atoms in total. The third-order valence-electron chi connectivity index (χ3n) is 3.92. The van der Waals surface area contributed by atoms with Crippen LogP contribution in [0.5, 0.6) is 17.2 Å². The van der Waals surface area contributed by atoms with Crippen LogP contribution in [0.25, 0.3) is 0 Å². The standard InChI is InChI=1S/C19H23NO4/c1-6-10-20-13(2)11-15(14(20)3)16(21)12-24-19-17(22-4)8-7-9-18(19)23-5/h6-9,11H,1,10,12H2,2-5H3. The van der Waals surface area contributed by atoms with Gasteiger partial charge >= 0.3 is 0 Å². The molecule has 0 spiro atoms. The topological polar surface area (TPSA) is 49.7 Å².